The maximum absolute atomic E-state index is 12.7. The van der Waals surface area contributed by atoms with Crippen molar-refractivity contribution in [3.05, 3.63) is 108 Å². The Labute approximate surface area is 331 Å². The maximum Gasteiger partial charge on any atom is 0.514 e. The van der Waals surface area contributed by atoms with Crippen molar-refractivity contribution in [1.29, 1.82) is 0 Å². The Balaban J connectivity index is 1.51. The molecular formula is C46H58O7Si2. The summed E-state index contributed by atoms with van der Waals surface area (Å²) >= 11 is 0. The zero-order valence-corrected chi connectivity index (χ0v) is 36.7. The summed E-state index contributed by atoms with van der Waals surface area (Å²) in [5, 5.41) is 0. The van der Waals surface area contributed by atoms with Gasteiger partial charge in [0.15, 0.2) is 0 Å². The average Bonchev–Trinajstić information content (AvgIpc) is 3.06. The lowest BCUT2D eigenvalue weighted by Gasteiger charge is -2.30. The first-order chi connectivity index (χ1) is 25.5. The summed E-state index contributed by atoms with van der Waals surface area (Å²) in [4.78, 5) is 25.4. The zero-order chi connectivity index (χ0) is 40.7. The van der Waals surface area contributed by atoms with Crippen molar-refractivity contribution in [1.82, 2.24) is 0 Å². The van der Waals surface area contributed by atoms with Crippen LogP contribution in [0.5, 0.6) is 11.5 Å². The highest BCUT2D eigenvalue weighted by molar-refractivity contribution is 6.84. The van der Waals surface area contributed by atoms with Crippen LogP contribution in [0.2, 0.25) is 39.3 Å². The highest BCUT2D eigenvalue weighted by atomic mass is 28.3. The van der Waals surface area contributed by atoms with Gasteiger partial charge in [0.2, 0.25) is 0 Å². The third-order valence-electron chi connectivity index (χ3n) is 8.17. The van der Waals surface area contributed by atoms with E-state index in [2.05, 4.69) is 111 Å². The Morgan fingerprint density at radius 1 is 0.582 bits per heavy atom. The van der Waals surface area contributed by atoms with E-state index in [-0.39, 0.29) is 11.8 Å². The minimum atomic E-state index is -1.76. The van der Waals surface area contributed by atoms with E-state index in [1.807, 2.05) is 36.4 Å². The van der Waals surface area contributed by atoms with Crippen LogP contribution in [0.15, 0.2) is 97.1 Å². The van der Waals surface area contributed by atoms with E-state index in [0.29, 0.717) is 24.7 Å². The van der Waals surface area contributed by atoms with E-state index < -0.39 is 50.5 Å². The molecule has 292 valence electrons. The molecule has 2 aliphatic carbocycles. The fourth-order valence-electron chi connectivity index (χ4n) is 5.66. The molecule has 0 bridgehead atoms. The van der Waals surface area contributed by atoms with Crippen molar-refractivity contribution in [2.45, 2.75) is 103 Å². The number of ether oxygens (including phenoxy) is 5. The minimum absolute atomic E-state index is 0.0240. The lowest BCUT2D eigenvalue weighted by atomic mass is 9.76. The number of allylic oxidation sites excluding steroid dienone is 4. The Bertz CT molecular complexity index is 1790. The predicted molar refractivity (Wildman–Crippen MR) is 227 cm³/mol. The van der Waals surface area contributed by atoms with E-state index in [1.54, 1.807) is 53.7 Å². The van der Waals surface area contributed by atoms with Crippen LogP contribution in [0, 0.1) is 34.8 Å². The van der Waals surface area contributed by atoms with E-state index in [1.165, 1.54) is 0 Å². The molecule has 2 aromatic rings. The maximum atomic E-state index is 12.7. The number of carbonyl (C=O) groups excluding carboxylic acids is 2. The predicted octanol–water partition coefficient (Wildman–Crippen LogP) is 10.8. The quantitative estimate of drug-likeness (QED) is 0.0868. The molecule has 0 aromatic heterocycles. The van der Waals surface area contributed by atoms with Crippen LogP contribution < -0.4 is 9.47 Å². The third-order valence-corrected chi connectivity index (χ3v) is 9.92. The first-order valence-corrected chi connectivity index (χ1v) is 25.9. The molecule has 0 saturated heterocycles. The van der Waals surface area contributed by atoms with Gasteiger partial charge in [0.25, 0.3) is 0 Å². The zero-order valence-electron chi connectivity index (χ0n) is 34.7. The van der Waals surface area contributed by atoms with Crippen molar-refractivity contribution in [3.8, 4) is 34.4 Å². The summed E-state index contributed by atoms with van der Waals surface area (Å²) in [5.74, 6) is 7.96. The third kappa shape index (κ3) is 13.3. The van der Waals surface area contributed by atoms with Gasteiger partial charge in [-0.3, -0.25) is 0 Å². The summed E-state index contributed by atoms with van der Waals surface area (Å²) in [5.41, 5.74) is 5.69. The summed E-state index contributed by atoms with van der Waals surface area (Å²) < 4.78 is 28.7. The number of hydrogen-bond acceptors (Lipinski definition) is 7. The first-order valence-electron chi connectivity index (χ1n) is 18.9. The lowest BCUT2D eigenvalue weighted by Crippen LogP contribution is -2.29. The van der Waals surface area contributed by atoms with Crippen LogP contribution >= 0.6 is 0 Å². The fraction of sp³-hybridized carbons (Fsp3) is 0.435. The van der Waals surface area contributed by atoms with Crippen molar-refractivity contribution in [2.75, 3.05) is 13.2 Å². The van der Waals surface area contributed by atoms with Crippen LogP contribution in [0.4, 0.5) is 9.59 Å². The summed E-state index contributed by atoms with van der Waals surface area (Å²) in [6, 6.07) is 15.0. The van der Waals surface area contributed by atoms with Gasteiger partial charge < -0.3 is 23.7 Å². The molecule has 0 heterocycles. The van der Waals surface area contributed by atoms with Crippen molar-refractivity contribution < 1.29 is 33.3 Å². The topological polar surface area (TPSA) is 80.3 Å². The molecule has 0 spiro atoms. The molecule has 55 heavy (non-hydrogen) atoms. The highest BCUT2D eigenvalue weighted by Crippen LogP contribution is 2.39. The molecule has 0 aliphatic heterocycles. The molecule has 7 nitrogen and oxygen atoms in total. The molecule has 0 amide bonds. The van der Waals surface area contributed by atoms with Gasteiger partial charge in [0.1, 0.15) is 38.8 Å². The molecule has 2 aromatic carbocycles. The van der Waals surface area contributed by atoms with Crippen molar-refractivity contribution in [3.63, 3.8) is 0 Å². The fourth-order valence-corrected chi connectivity index (χ4v) is 6.83. The average molecular weight is 779 g/mol. The van der Waals surface area contributed by atoms with Crippen LogP contribution in [0.1, 0.15) is 52.7 Å². The second-order valence-electron chi connectivity index (χ2n) is 18.2. The van der Waals surface area contributed by atoms with Crippen LogP contribution in [0.3, 0.4) is 0 Å². The normalized spacial score (nSPS) is 22.1. The Morgan fingerprint density at radius 2 is 0.909 bits per heavy atom. The first kappa shape index (κ1) is 43.2. The van der Waals surface area contributed by atoms with Gasteiger partial charge in [-0.2, -0.15) is 0 Å². The standard InChI is InChI=1S/C46H58O7Si2/c1-43(2,3)52-41(47)50-39-19-15-13-17-37(39)45(29-31-54(7,8)9)25-21-35(22-26-45)33-49-34-36-23-27-46(28-24-36,30-32-55(10,11)12)38-18-14-16-20-40(38)51-42(48)53-44(4,5)6/h13-28,35-36H,33-34H2,1-12H3. The van der Waals surface area contributed by atoms with E-state index in [4.69, 9.17) is 23.7 Å². The number of hydrogen-bond donors (Lipinski definition) is 0. The summed E-state index contributed by atoms with van der Waals surface area (Å²) in [6.45, 7) is 25.0. The van der Waals surface area contributed by atoms with E-state index in [0.717, 1.165) is 11.1 Å². The molecule has 0 N–H and O–H groups in total. The second kappa shape index (κ2) is 17.1. The number of rotatable bonds is 8. The minimum Gasteiger partial charge on any atom is -0.428 e. The van der Waals surface area contributed by atoms with Gasteiger partial charge in [-0.25, -0.2) is 9.59 Å². The second-order valence-corrected chi connectivity index (χ2v) is 27.7. The Kier molecular flexibility index (Phi) is 13.4. The van der Waals surface area contributed by atoms with E-state index >= 15 is 0 Å². The summed E-state index contributed by atoms with van der Waals surface area (Å²) in [6.07, 6.45) is 15.3. The summed E-state index contributed by atoms with van der Waals surface area (Å²) in [7, 11) is -3.52. The molecule has 0 saturated carbocycles. The number of carbonyl (C=O) groups is 2. The SMILES string of the molecule is CC(C)(C)OC(=O)Oc1ccccc1C1(C#C[Si](C)(C)C)C=CC(COCC2C=CC(C#C[Si](C)(C)C)(c3ccccc3OC(=O)OC(C)(C)C)C=C2)C=C1. The number of para-hydroxylation sites is 2. The molecule has 4 rings (SSSR count). The Morgan fingerprint density at radius 3 is 1.22 bits per heavy atom. The van der Waals surface area contributed by atoms with Crippen molar-refractivity contribution in [2.24, 2.45) is 11.8 Å². The molecule has 0 fully saturated rings. The number of benzene rings is 2. The van der Waals surface area contributed by atoms with E-state index in [9.17, 15) is 9.59 Å². The molecule has 0 radical (unpaired) electrons. The van der Waals surface area contributed by atoms with Gasteiger partial charge in [-0.1, -0.05) is 136 Å². The van der Waals surface area contributed by atoms with Gasteiger partial charge in [0.05, 0.1) is 24.0 Å². The van der Waals surface area contributed by atoms with Crippen LogP contribution in [-0.2, 0) is 25.0 Å². The molecule has 9 heteroatoms. The van der Waals surface area contributed by atoms with Crippen LogP contribution in [0.25, 0.3) is 0 Å². The lowest BCUT2D eigenvalue weighted by molar-refractivity contribution is 0.0190. The largest absolute Gasteiger partial charge is 0.514 e. The van der Waals surface area contributed by atoms with Gasteiger partial charge in [0, 0.05) is 23.0 Å². The molecular weight excluding hydrogens is 721 g/mol. The highest BCUT2D eigenvalue weighted by Gasteiger charge is 2.34. The monoisotopic (exact) mass is 778 g/mol. The van der Waals surface area contributed by atoms with Gasteiger partial charge >= 0.3 is 12.3 Å². The van der Waals surface area contributed by atoms with Gasteiger partial charge in [-0.05, 0) is 53.7 Å². The van der Waals surface area contributed by atoms with Crippen LogP contribution in [-0.4, -0.2) is 52.9 Å². The Hall–Kier alpha value is -4.55. The van der Waals surface area contributed by atoms with Gasteiger partial charge in [-0.15, -0.1) is 11.1 Å². The van der Waals surface area contributed by atoms with Crippen molar-refractivity contribution >= 4 is 28.5 Å². The molecule has 0 unspecified atom stereocenters. The molecule has 0 atom stereocenters. The smallest absolute Gasteiger partial charge is 0.428 e. The molecule has 2 aliphatic rings.